The molecule has 0 aromatic carbocycles. The lowest BCUT2D eigenvalue weighted by atomic mass is 9.76. The van der Waals surface area contributed by atoms with Crippen molar-refractivity contribution in [3.8, 4) is 6.07 Å². The number of nitrogens with zero attached hydrogens (tertiary/aromatic N) is 1. The summed E-state index contributed by atoms with van der Waals surface area (Å²) in [5.41, 5.74) is -0.741. The van der Waals surface area contributed by atoms with E-state index in [1.807, 2.05) is 6.07 Å². The number of aliphatic hydroxyl groups is 1. The van der Waals surface area contributed by atoms with Crippen LogP contribution in [0.2, 0.25) is 0 Å². The topological polar surface area (TPSA) is 53.2 Å². The Bertz CT molecular complexity index is 155. The van der Waals surface area contributed by atoms with Gasteiger partial charge >= 0.3 is 0 Å². The van der Waals surface area contributed by atoms with E-state index in [4.69, 9.17) is 10.00 Å². The lowest BCUT2D eigenvalue weighted by Crippen LogP contribution is -2.47. The molecule has 56 valence electrons. The second-order valence-electron chi connectivity index (χ2n) is 2.83. The summed E-state index contributed by atoms with van der Waals surface area (Å²) in [6.07, 6.45) is 1.61. The number of hydrogen-bond acceptors (Lipinski definition) is 3. The highest BCUT2D eigenvalue weighted by atomic mass is 16.5. The van der Waals surface area contributed by atoms with Gasteiger partial charge in [-0.05, 0) is 0 Å². The Morgan fingerprint density at radius 1 is 1.80 bits per heavy atom. The molecule has 0 spiro atoms. The third kappa shape index (κ3) is 1.28. The molecule has 1 saturated carbocycles. The molecule has 1 fully saturated rings. The van der Waals surface area contributed by atoms with E-state index in [-0.39, 0.29) is 12.5 Å². The van der Waals surface area contributed by atoms with E-state index in [2.05, 4.69) is 0 Å². The van der Waals surface area contributed by atoms with Crippen LogP contribution in [0.1, 0.15) is 19.3 Å². The molecule has 0 aromatic heterocycles. The fraction of sp³-hybridized carbons (Fsp3) is 0.857. The first kappa shape index (κ1) is 7.52. The van der Waals surface area contributed by atoms with Gasteiger partial charge < -0.3 is 9.84 Å². The molecule has 0 radical (unpaired) electrons. The number of nitriles is 1. The summed E-state index contributed by atoms with van der Waals surface area (Å²) >= 11 is 0. The van der Waals surface area contributed by atoms with Gasteiger partial charge in [-0.3, -0.25) is 0 Å². The van der Waals surface area contributed by atoms with Gasteiger partial charge in [0.05, 0.1) is 24.2 Å². The van der Waals surface area contributed by atoms with Gasteiger partial charge in [0.15, 0.2) is 0 Å². The highest BCUT2D eigenvalue weighted by molar-refractivity contribution is 5.00. The second-order valence-corrected chi connectivity index (χ2v) is 2.83. The molecule has 1 N–H and O–H groups in total. The lowest BCUT2D eigenvalue weighted by Gasteiger charge is -2.41. The SMILES string of the molecule is COC1CC(O)(CC#N)C1. The van der Waals surface area contributed by atoms with E-state index < -0.39 is 5.60 Å². The van der Waals surface area contributed by atoms with Crippen LogP contribution in [0.5, 0.6) is 0 Å². The molecule has 0 saturated heterocycles. The summed E-state index contributed by atoms with van der Waals surface area (Å²) in [6.45, 7) is 0. The van der Waals surface area contributed by atoms with Crippen LogP contribution in [0.25, 0.3) is 0 Å². The molecule has 10 heavy (non-hydrogen) atoms. The van der Waals surface area contributed by atoms with Crippen molar-refractivity contribution in [1.29, 1.82) is 5.26 Å². The van der Waals surface area contributed by atoms with Gasteiger partial charge in [-0.15, -0.1) is 0 Å². The average molecular weight is 141 g/mol. The lowest BCUT2D eigenvalue weighted by molar-refractivity contribution is -0.124. The van der Waals surface area contributed by atoms with E-state index in [9.17, 15) is 5.11 Å². The summed E-state index contributed by atoms with van der Waals surface area (Å²) in [6, 6.07) is 1.95. The normalized spacial score (nSPS) is 38.3. The van der Waals surface area contributed by atoms with Crippen LogP contribution < -0.4 is 0 Å². The molecule has 0 unspecified atom stereocenters. The molecule has 3 nitrogen and oxygen atoms in total. The van der Waals surface area contributed by atoms with Crippen molar-refractivity contribution >= 4 is 0 Å². The van der Waals surface area contributed by atoms with Gasteiger partial charge in [0.2, 0.25) is 0 Å². The maximum Gasteiger partial charge on any atom is 0.0826 e. The molecule has 0 atom stereocenters. The van der Waals surface area contributed by atoms with Crippen molar-refractivity contribution in [3.63, 3.8) is 0 Å². The second kappa shape index (κ2) is 2.57. The summed E-state index contributed by atoms with van der Waals surface area (Å²) in [7, 11) is 1.62. The molecule has 1 rings (SSSR count). The first-order valence-electron chi connectivity index (χ1n) is 3.32. The molecule has 0 aromatic rings. The largest absolute Gasteiger partial charge is 0.389 e. The summed E-state index contributed by atoms with van der Waals surface area (Å²) in [5, 5.41) is 17.7. The fourth-order valence-corrected chi connectivity index (χ4v) is 1.25. The molecular weight excluding hydrogens is 130 g/mol. The third-order valence-corrected chi connectivity index (χ3v) is 1.96. The molecule has 0 heterocycles. The Morgan fingerprint density at radius 2 is 2.40 bits per heavy atom. The van der Waals surface area contributed by atoms with Crippen LogP contribution in [-0.2, 0) is 4.74 Å². The minimum absolute atomic E-state index is 0.165. The first-order chi connectivity index (χ1) is 4.70. The van der Waals surface area contributed by atoms with Crippen molar-refractivity contribution in [2.45, 2.75) is 31.0 Å². The zero-order chi connectivity index (χ0) is 7.61. The van der Waals surface area contributed by atoms with Crippen molar-refractivity contribution in [2.24, 2.45) is 0 Å². The molecule has 0 bridgehead atoms. The Labute approximate surface area is 60.2 Å². The van der Waals surface area contributed by atoms with E-state index in [1.54, 1.807) is 7.11 Å². The summed E-state index contributed by atoms with van der Waals surface area (Å²) in [4.78, 5) is 0. The van der Waals surface area contributed by atoms with Crippen molar-refractivity contribution in [3.05, 3.63) is 0 Å². The van der Waals surface area contributed by atoms with Gasteiger partial charge in [0.1, 0.15) is 0 Å². The van der Waals surface area contributed by atoms with Crippen LogP contribution in [0.15, 0.2) is 0 Å². The van der Waals surface area contributed by atoms with Crippen molar-refractivity contribution in [2.75, 3.05) is 7.11 Å². The number of ether oxygens (including phenoxy) is 1. The van der Waals surface area contributed by atoms with Crippen LogP contribution in [0, 0.1) is 11.3 Å². The molecule has 1 aliphatic carbocycles. The zero-order valence-electron chi connectivity index (χ0n) is 6.00. The predicted octanol–water partition coefficient (Wildman–Crippen LogP) is 0.440. The molecule has 1 aliphatic rings. The molecule has 0 amide bonds. The van der Waals surface area contributed by atoms with Crippen LogP contribution in [0.4, 0.5) is 0 Å². The van der Waals surface area contributed by atoms with E-state index in [0.29, 0.717) is 12.8 Å². The highest BCUT2D eigenvalue weighted by Crippen LogP contribution is 2.36. The van der Waals surface area contributed by atoms with Crippen LogP contribution in [-0.4, -0.2) is 23.9 Å². The Kier molecular flexibility index (Phi) is 1.93. The van der Waals surface area contributed by atoms with E-state index >= 15 is 0 Å². The first-order valence-corrected chi connectivity index (χ1v) is 3.32. The van der Waals surface area contributed by atoms with Crippen molar-refractivity contribution in [1.82, 2.24) is 0 Å². The Balaban J connectivity index is 2.29. The minimum Gasteiger partial charge on any atom is -0.389 e. The summed E-state index contributed by atoms with van der Waals surface area (Å²) in [5.74, 6) is 0. The zero-order valence-corrected chi connectivity index (χ0v) is 6.00. The molecular formula is C7H11NO2. The van der Waals surface area contributed by atoms with Gasteiger partial charge in [-0.25, -0.2) is 0 Å². The van der Waals surface area contributed by atoms with Gasteiger partial charge in [0.25, 0.3) is 0 Å². The fourth-order valence-electron chi connectivity index (χ4n) is 1.25. The average Bonchev–Trinajstić information content (AvgIpc) is 1.83. The number of rotatable bonds is 2. The van der Waals surface area contributed by atoms with Crippen LogP contribution in [0.3, 0.4) is 0 Å². The minimum atomic E-state index is -0.741. The third-order valence-electron chi connectivity index (χ3n) is 1.96. The van der Waals surface area contributed by atoms with Gasteiger partial charge in [-0.2, -0.15) is 5.26 Å². The van der Waals surface area contributed by atoms with Crippen LogP contribution >= 0.6 is 0 Å². The summed E-state index contributed by atoms with van der Waals surface area (Å²) < 4.78 is 4.96. The smallest absolute Gasteiger partial charge is 0.0826 e. The number of methoxy groups -OCH3 is 1. The maximum absolute atomic E-state index is 9.41. The monoisotopic (exact) mass is 141 g/mol. The maximum atomic E-state index is 9.41. The predicted molar refractivity (Wildman–Crippen MR) is 35.2 cm³/mol. The van der Waals surface area contributed by atoms with Crippen molar-refractivity contribution < 1.29 is 9.84 Å². The highest BCUT2D eigenvalue weighted by Gasteiger charge is 2.42. The molecule has 3 heteroatoms. The van der Waals surface area contributed by atoms with Gasteiger partial charge in [-0.1, -0.05) is 0 Å². The number of hydrogen-bond donors (Lipinski definition) is 1. The standard InChI is InChI=1S/C7H11NO2/c1-10-6-4-7(9,5-6)2-3-8/h6,9H,2,4-5H2,1H3. The van der Waals surface area contributed by atoms with Gasteiger partial charge in [0, 0.05) is 20.0 Å². The quantitative estimate of drug-likeness (QED) is 0.607. The van der Waals surface area contributed by atoms with E-state index in [0.717, 1.165) is 0 Å². The molecule has 0 aliphatic heterocycles. The Hall–Kier alpha value is -0.590. The Morgan fingerprint density at radius 3 is 2.80 bits per heavy atom. The van der Waals surface area contributed by atoms with E-state index in [1.165, 1.54) is 0 Å².